The second-order valence-corrected chi connectivity index (χ2v) is 8.40. The van der Waals surface area contributed by atoms with Gasteiger partial charge in [0, 0.05) is 24.7 Å². The Hall–Kier alpha value is -4.34. The minimum absolute atomic E-state index is 0.137. The van der Waals surface area contributed by atoms with Gasteiger partial charge >= 0.3 is 6.36 Å². The first kappa shape index (κ1) is 24.8. The fraction of sp³-hybridized carbons (Fsp3) is 0.222. The summed E-state index contributed by atoms with van der Waals surface area (Å²) in [5.41, 5.74) is 3.05. The minimum atomic E-state index is -4.77. The van der Waals surface area contributed by atoms with Crippen LogP contribution in [0.5, 0.6) is 5.75 Å². The molecule has 1 N–H and O–H groups in total. The van der Waals surface area contributed by atoms with Gasteiger partial charge in [-0.05, 0) is 66.1 Å². The number of carbonyl (C=O) groups excluding carboxylic acids is 1. The van der Waals surface area contributed by atoms with E-state index in [-0.39, 0.29) is 23.7 Å². The van der Waals surface area contributed by atoms with Crippen LogP contribution in [0.15, 0.2) is 72.8 Å². The van der Waals surface area contributed by atoms with Crippen LogP contribution in [-0.2, 0) is 0 Å². The molecule has 0 spiro atoms. The van der Waals surface area contributed by atoms with E-state index in [2.05, 4.69) is 21.0 Å². The summed E-state index contributed by atoms with van der Waals surface area (Å²) in [7, 11) is 0. The molecule has 3 aromatic rings. The Labute approximate surface area is 206 Å². The summed E-state index contributed by atoms with van der Waals surface area (Å²) in [5, 5.41) is 21.1. The maximum absolute atomic E-state index is 12.7. The third-order valence-corrected chi connectivity index (χ3v) is 5.98. The van der Waals surface area contributed by atoms with E-state index >= 15 is 0 Å². The minimum Gasteiger partial charge on any atom is -0.406 e. The number of nitrogens with one attached hydrogen (secondary N) is 1. The molecule has 1 aliphatic rings. The standard InChI is InChI=1S/C27H21F3N4O2/c28-27(29,30)36-24-11-9-21(10-12-24)25(20-5-1-18(15-31)2-6-20)34-14-13-23(17-34)33-26(35)22-7-3-19(16-32)4-8-22/h1-12,23,25H,13-14,17H2,(H,33,35)/t23-,25?/m1/s1. The average Bonchev–Trinajstić information content (AvgIpc) is 3.32. The topological polar surface area (TPSA) is 89.2 Å². The Morgan fingerprint density at radius 3 is 1.97 bits per heavy atom. The molecule has 36 heavy (non-hydrogen) atoms. The zero-order valence-electron chi connectivity index (χ0n) is 19.0. The van der Waals surface area contributed by atoms with Crippen LogP contribution in [-0.4, -0.2) is 36.3 Å². The molecule has 0 saturated carbocycles. The van der Waals surface area contributed by atoms with Crippen molar-refractivity contribution < 1.29 is 22.7 Å². The van der Waals surface area contributed by atoms with Crippen molar-refractivity contribution in [2.75, 3.05) is 13.1 Å². The van der Waals surface area contributed by atoms with E-state index in [1.807, 2.05) is 18.2 Å². The zero-order chi connectivity index (χ0) is 25.7. The van der Waals surface area contributed by atoms with Crippen molar-refractivity contribution in [3.63, 3.8) is 0 Å². The highest BCUT2D eigenvalue weighted by Gasteiger charge is 2.33. The van der Waals surface area contributed by atoms with Crippen molar-refractivity contribution in [3.05, 3.63) is 101 Å². The molecule has 1 fully saturated rings. The van der Waals surface area contributed by atoms with E-state index in [0.29, 0.717) is 36.2 Å². The van der Waals surface area contributed by atoms with Crippen molar-refractivity contribution in [1.82, 2.24) is 10.2 Å². The fourth-order valence-electron chi connectivity index (χ4n) is 4.31. The van der Waals surface area contributed by atoms with Crippen LogP contribution in [0.1, 0.15) is 45.1 Å². The largest absolute Gasteiger partial charge is 0.573 e. The predicted octanol–water partition coefficient (Wildman–Crippen LogP) is 4.92. The van der Waals surface area contributed by atoms with Gasteiger partial charge in [0.2, 0.25) is 0 Å². The molecule has 3 aromatic carbocycles. The van der Waals surface area contributed by atoms with E-state index in [9.17, 15) is 18.0 Å². The molecule has 1 unspecified atom stereocenters. The van der Waals surface area contributed by atoms with E-state index in [4.69, 9.17) is 10.5 Å². The molecular formula is C27H21F3N4O2. The van der Waals surface area contributed by atoms with Gasteiger partial charge in [0.1, 0.15) is 5.75 Å². The first-order chi connectivity index (χ1) is 17.3. The molecule has 2 atom stereocenters. The molecule has 1 heterocycles. The summed E-state index contributed by atoms with van der Waals surface area (Å²) in [6, 6.07) is 22.8. The molecule has 182 valence electrons. The molecule has 4 rings (SSSR count). The third kappa shape index (κ3) is 6.01. The number of ether oxygens (including phenoxy) is 1. The highest BCUT2D eigenvalue weighted by Crippen LogP contribution is 2.33. The molecule has 0 radical (unpaired) electrons. The molecule has 0 aromatic heterocycles. The van der Waals surface area contributed by atoms with Crippen LogP contribution in [0, 0.1) is 22.7 Å². The molecule has 1 saturated heterocycles. The SMILES string of the molecule is N#Cc1ccc(C(=O)N[C@@H]2CCN(C(c3ccc(C#N)cc3)c3ccc(OC(F)(F)F)cc3)C2)cc1. The number of rotatable bonds is 6. The number of nitriles is 2. The summed E-state index contributed by atoms with van der Waals surface area (Å²) >= 11 is 0. The van der Waals surface area contributed by atoms with Crippen LogP contribution < -0.4 is 10.1 Å². The lowest BCUT2D eigenvalue weighted by Crippen LogP contribution is -2.38. The smallest absolute Gasteiger partial charge is 0.406 e. The number of hydrogen-bond acceptors (Lipinski definition) is 5. The van der Waals surface area contributed by atoms with Crippen LogP contribution in [0.25, 0.3) is 0 Å². The number of hydrogen-bond donors (Lipinski definition) is 1. The average molecular weight is 490 g/mol. The van der Waals surface area contributed by atoms with Gasteiger partial charge in [0.15, 0.2) is 0 Å². The molecular weight excluding hydrogens is 469 g/mol. The second kappa shape index (κ2) is 10.5. The first-order valence-corrected chi connectivity index (χ1v) is 11.2. The Balaban J connectivity index is 1.53. The van der Waals surface area contributed by atoms with Gasteiger partial charge < -0.3 is 10.1 Å². The fourth-order valence-corrected chi connectivity index (χ4v) is 4.31. The van der Waals surface area contributed by atoms with Crippen molar-refractivity contribution in [1.29, 1.82) is 10.5 Å². The third-order valence-electron chi connectivity index (χ3n) is 5.98. The van der Waals surface area contributed by atoms with Crippen LogP contribution in [0.2, 0.25) is 0 Å². The number of amides is 1. The van der Waals surface area contributed by atoms with Crippen molar-refractivity contribution in [3.8, 4) is 17.9 Å². The maximum Gasteiger partial charge on any atom is 0.573 e. The van der Waals surface area contributed by atoms with Crippen LogP contribution >= 0.6 is 0 Å². The van der Waals surface area contributed by atoms with Crippen LogP contribution in [0.4, 0.5) is 13.2 Å². The van der Waals surface area contributed by atoms with Gasteiger partial charge in [0.05, 0.1) is 29.3 Å². The lowest BCUT2D eigenvalue weighted by atomic mass is 9.96. The Bertz CT molecular complexity index is 1290. The molecule has 0 aliphatic carbocycles. The second-order valence-electron chi connectivity index (χ2n) is 8.40. The highest BCUT2D eigenvalue weighted by molar-refractivity contribution is 5.94. The summed E-state index contributed by atoms with van der Waals surface area (Å²) in [4.78, 5) is 14.8. The van der Waals surface area contributed by atoms with E-state index in [1.165, 1.54) is 12.1 Å². The summed E-state index contributed by atoms with van der Waals surface area (Å²) in [5.74, 6) is -0.547. The highest BCUT2D eigenvalue weighted by atomic mass is 19.4. The summed E-state index contributed by atoms with van der Waals surface area (Å²) < 4.78 is 41.8. The molecule has 6 nitrogen and oxygen atoms in total. The number of carbonyl (C=O) groups is 1. The molecule has 1 amide bonds. The lowest BCUT2D eigenvalue weighted by Gasteiger charge is -2.29. The van der Waals surface area contributed by atoms with E-state index < -0.39 is 6.36 Å². The summed E-state index contributed by atoms with van der Waals surface area (Å²) in [6.07, 6.45) is -4.09. The Morgan fingerprint density at radius 2 is 1.44 bits per heavy atom. The van der Waals surface area contributed by atoms with Gasteiger partial charge in [-0.25, -0.2) is 0 Å². The van der Waals surface area contributed by atoms with Crippen molar-refractivity contribution in [2.24, 2.45) is 0 Å². The van der Waals surface area contributed by atoms with Gasteiger partial charge in [0.25, 0.3) is 5.91 Å². The summed E-state index contributed by atoms with van der Waals surface area (Å²) in [6.45, 7) is 1.16. The van der Waals surface area contributed by atoms with E-state index in [0.717, 1.165) is 11.1 Å². The zero-order valence-corrected chi connectivity index (χ0v) is 19.0. The van der Waals surface area contributed by atoms with Gasteiger partial charge in [-0.15, -0.1) is 13.2 Å². The molecule has 9 heteroatoms. The van der Waals surface area contributed by atoms with Gasteiger partial charge in [-0.2, -0.15) is 10.5 Å². The molecule has 1 aliphatic heterocycles. The van der Waals surface area contributed by atoms with Crippen molar-refractivity contribution in [2.45, 2.75) is 24.9 Å². The molecule has 0 bridgehead atoms. The number of benzene rings is 3. The number of halogens is 3. The van der Waals surface area contributed by atoms with Crippen LogP contribution in [0.3, 0.4) is 0 Å². The monoisotopic (exact) mass is 490 g/mol. The van der Waals surface area contributed by atoms with Crippen molar-refractivity contribution >= 4 is 5.91 Å². The lowest BCUT2D eigenvalue weighted by molar-refractivity contribution is -0.274. The normalized spacial score (nSPS) is 16.5. The van der Waals surface area contributed by atoms with E-state index in [1.54, 1.807) is 48.5 Å². The quantitative estimate of drug-likeness (QED) is 0.530. The van der Waals surface area contributed by atoms with Gasteiger partial charge in [-0.3, -0.25) is 9.69 Å². The van der Waals surface area contributed by atoms with Gasteiger partial charge in [-0.1, -0.05) is 24.3 Å². The predicted molar refractivity (Wildman–Crippen MR) is 125 cm³/mol. The number of likely N-dealkylation sites (tertiary alicyclic amines) is 1. The Kier molecular flexibility index (Phi) is 7.23. The number of alkyl halides is 3. The first-order valence-electron chi connectivity index (χ1n) is 11.2. The maximum atomic E-state index is 12.7. The Morgan fingerprint density at radius 1 is 0.917 bits per heavy atom. The number of nitrogens with zero attached hydrogens (tertiary/aromatic N) is 3.